The summed E-state index contributed by atoms with van der Waals surface area (Å²) >= 11 is 0. The molecule has 3 heteroatoms. The fourth-order valence-electron chi connectivity index (χ4n) is 1.47. The summed E-state index contributed by atoms with van der Waals surface area (Å²) in [7, 11) is 0. The number of nitrogens with two attached hydrogens (primary N) is 1. The van der Waals surface area contributed by atoms with E-state index in [-0.39, 0.29) is 12.5 Å². The van der Waals surface area contributed by atoms with E-state index in [2.05, 4.69) is 0 Å². The van der Waals surface area contributed by atoms with Crippen LogP contribution in [-0.2, 0) is 17.6 Å². The molecule has 0 bridgehead atoms. The van der Waals surface area contributed by atoms with Gasteiger partial charge in [0.1, 0.15) is 0 Å². The normalized spacial score (nSPS) is 12.4. The van der Waals surface area contributed by atoms with Crippen molar-refractivity contribution in [1.29, 1.82) is 0 Å². The molecule has 0 aliphatic heterocycles. The molecule has 1 aromatic rings. The molecule has 0 saturated heterocycles. The van der Waals surface area contributed by atoms with E-state index >= 15 is 0 Å². The first kappa shape index (κ1) is 11.7. The number of rotatable bonds is 5. The van der Waals surface area contributed by atoms with Gasteiger partial charge in [-0.3, -0.25) is 4.79 Å². The molecular weight excluding hydrogens is 190 g/mol. The van der Waals surface area contributed by atoms with E-state index in [1.807, 2.05) is 31.2 Å². The first-order valence-corrected chi connectivity index (χ1v) is 5.13. The molecule has 0 aliphatic rings. The van der Waals surface area contributed by atoms with Gasteiger partial charge in [0.15, 0.2) is 0 Å². The van der Waals surface area contributed by atoms with Gasteiger partial charge in [-0.25, -0.2) is 0 Å². The maximum atomic E-state index is 10.4. The average Bonchev–Trinajstić information content (AvgIpc) is 2.16. The average molecular weight is 207 g/mol. The zero-order valence-corrected chi connectivity index (χ0v) is 8.94. The largest absolute Gasteiger partial charge is 0.481 e. The van der Waals surface area contributed by atoms with Crippen molar-refractivity contribution in [2.24, 2.45) is 5.73 Å². The lowest BCUT2D eigenvalue weighted by molar-refractivity contribution is -0.136. The number of aryl methyl sites for hydroxylation is 1. The molecule has 82 valence electrons. The fourth-order valence-corrected chi connectivity index (χ4v) is 1.47. The Bertz CT molecular complexity index is 317. The Morgan fingerprint density at radius 3 is 2.33 bits per heavy atom. The van der Waals surface area contributed by atoms with E-state index in [9.17, 15) is 4.79 Å². The van der Waals surface area contributed by atoms with Gasteiger partial charge in [0.2, 0.25) is 0 Å². The molecule has 0 unspecified atom stereocenters. The summed E-state index contributed by atoms with van der Waals surface area (Å²) in [4.78, 5) is 10.4. The Balaban J connectivity index is 2.52. The van der Waals surface area contributed by atoms with Gasteiger partial charge in [-0.05, 0) is 30.9 Å². The van der Waals surface area contributed by atoms with Gasteiger partial charge < -0.3 is 10.8 Å². The minimum Gasteiger partial charge on any atom is -0.481 e. The zero-order chi connectivity index (χ0) is 11.3. The number of aliphatic carboxylic acids is 1. The van der Waals surface area contributed by atoms with Crippen molar-refractivity contribution in [3.8, 4) is 0 Å². The summed E-state index contributed by atoms with van der Waals surface area (Å²) in [5.41, 5.74) is 7.94. The van der Waals surface area contributed by atoms with Crippen molar-refractivity contribution in [2.45, 2.75) is 32.2 Å². The Kier molecular flexibility index (Phi) is 4.31. The molecule has 0 fully saturated rings. The van der Waals surface area contributed by atoms with Crippen LogP contribution >= 0.6 is 0 Å². The second-order valence-electron chi connectivity index (χ2n) is 3.89. The van der Waals surface area contributed by atoms with Gasteiger partial charge in [-0.2, -0.15) is 0 Å². The molecule has 0 aromatic heterocycles. The molecule has 1 rings (SSSR count). The van der Waals surface area contributed by atoms with E-state index < -0.39 is 5.97 Å². The van der Waals surface area contributed by atoms with Crippen LogP contribution in [0.5, 0.6) is 0 Å². The SMILES string of the molecule is C[C@H](N)Cc1ccc(CCC(=O)O)cc1. The second kappa shape index (κ2) is 5.51. The summed E-state index contributed by atoms with van der Waals surface area (Å²) in [5, 5.41) is 8.53. The minimum absolute atomic E-state index is 0.162. The highest BCUT2D eigenvalue weighted by Crippen LogP contribution is 2.08. The van der Waals surface area contributed by atoms with Crippen LogP contribution < -0.4 is 5.73 Å². The second-order valence-corrected chi connectivity index (χ2v) is 3.89. The molecule has 1 aromatic carbocycles. The lowest BCUT2D eigenvalue weighted by atomic mass is 10.0. The Hall–Kier alpha value is -1.35. The van der Waals surface area contributed by atoms with Gasteiger partial charge in [0.25, 0.3) is 0 Å². The quantitative estimate of drug-likeness (QED) is 0.770. The Morgan fingerprint density at radius 1 is 1.33 bits per heavy atom. The summed E-state index contributed by atoms with van der Waals surface area (Å²) in [6.07, 6.45) is 1.64. The van der Waals surface area contributed by atoms with E-state index in [1.54, 1.807) is 0 Å². The topological polar surface area (TPSA) is 63.3 Å². The fraction of sp³-hybridized carbons (Fsp3) is 0.417. The van der Waals surface area contributed by atoms with E-state index in [4.69, 9.17) is 10.8 Å². The molecule has 0 radical (unpaired) electrons. The lowest BCUT2D eigenvalue weighted by Crippen LogP contribution is -2.17. The monoisotopic (exact) mass is 207 g/mol. The highest BCUT2D eigenvalue weighted by atomic mass is 16.4. The maximum Gasteiger partial charge on any atom is 0.303 e. The van der Waals surface area contributed by atoms with Crippen LogP contribution in [0.25, 0.3) is 0 Å². The molecule has 1 atom stereocenters. The molecule has 0 spiro atoms. The highest BCUT2D eigenvalue weighted by Gasteiger charge is 2.00. The smallest absolute Gasteiger partial charge is 0.303 e. The molecule has 3 N–H and O–H groups in total. The summed E-state index contributed by atoms with van der Waals surface area (Å²) in [6.45, 7) is 1.97. The highest BCUT2D eigenvalue weighted by molar-refractivity contribution is 5.67. The van der Waals surface area contributed by atoms with Crippen LogP contribution in [0, 0.1) is 0 Å². The molecule has 0 amide bonds. The summed E-state index contributed by atoms with van der Waals surface area (Å²) in [6, 6.07) is 8.14. The summed E-state index contributed by atoms with van der Waals surface area (Å²) in [5.74, 6) is -0.755. The Labute approximate surface area is 89.9 Å². The van der Waals surface area contributed by atoms with E-state index in [0.717, 1.165) is 12.0 Å². The van der Waals surface area contributed by atoms with Crippen LogP contribution in [0.1, 0.15) is 24.5 Å². The van der Waals surface area contributed by atoms with E-state index in [0.29, 0.717) is 6.42 Å². The predicted molar refractivity (Wildman–Crippen MR) is 59.8 cm³/mol. The van der Waals surface area contributed by atoms with Crippen LogP contribution in [0.2, 0.25) is 0 Å². The van der Waals surface area contributed by atoms with Crippen molar-refractivity contribution >= 4 is 5.97 Å². The van der Waals surface area contributed by atoms with Gasteiger partial charge in [0.05, 0.1) is 0 Å². The number of hydrogen-bond acceptors (Lipinski definition) is 2. The number of hydrogen-bond donors (Lipinski definition) is 2. The summed E-state index contributed by atoms with van der Waals surface area (Å²) < 4.78 is 0. The first-order valence-electron chi connectivity index (χ1n) is 5.13. The minimum atomic E-state index is -0.755. The molecule has 0 aliphatic carbocycles. The lowest BCUT2D eigenvalue weighted by Gasteiger charge is -2.05. The van der Waals surface area contributed by atoms with E-state index in [1.165, 1.54) is 5.56 Å². The van der Waals surface area contributed by atoms with Crippen LogP contribution in [0.4, 0.5) is 0 Å². The van der Waals surface area contributed by atoms with Crippen LogP contribution in [-0.4, -0.2) is 17.1 Å². The van der Waals surface area contributed by atoms with Gasteiger partial charge in [-0.1, -0.05) is 24.3 Å². The van der Waals surface area contributed by atoms with Gasteiger partial charge in [-0.15, -0.1) is 0 Å². The molecule has 3 nitrogen and oxygen atoms in total. The standard InChI is InChI=1S/C12H17NO2/c1-9(13)8-11-4-2-10(3-5-11)6-7-12(14)15/h2-5,9H,6-8,13H2,1H3,(H,14,15)/t9-/m0/s1. The number of carboxylic acid groups (broad SMARTS) is 1. The van der Waals surface area contributed by atoms with Crippen molar-refractivity contribution in [3.05, 3.63) is 35.4 Å². The molecule has 0 heterocycles. The van der Waals surface area contributed by atoms with Crippen molar-refractivity contribution in [2.75, 3.05) is 0 Å². The molecule has 15 heavy (non-hydrogen) atoms. The van der Waals surface area contributed by atoms with Crippen molar-refractivity contribution in [3.63, 3.8) is 0 Å². The van der Waals surface area contributed by atoms with Crippen molar-refractivity contribution < 1.29 is 9.90 Å². The number of carboxylic acids is 1. The zero-order valence-electron chi connectivity index (χ0n) is 8.94. The third-order valence-electron chi connectivity index (χ3n) is 2.21. The maximum absolute atomic E-state index is 10.4. The Morgan fingerprint density at radius 2 is 1.87 bits per heavy atom. The number of carbonyl (C=O) groups is 1. The first-order chi connectivity index (χ1) is 7.08. The van der Waals surface area contributed by atoms with Gasteiger partial charge in [0, 0.05) is 12.5 Å². The molecule has 0 saturated carbocycles. The third kappa shape index (κ3) is 4.61. The van der Waals surface area contributed by atoms with Crippen LogP contribution in [0.15, 0.2) is 24.3 Å². The molecular formula is C12H17NO2. The van der Waals surface area contributed by atoms with Crippen molar-refractivity contribution in [1.82, 2.24) is 0 Å². The third-order valence-corrected chi connectivity index (χ3v) is 2.21. The van der Waals surface area contributed by atoms with Crippen LogP contribution in [0.3, 0.4) is 0 Å². The number of benzene rings is 1. The van der Waals surface area contributed by atoms with Gasteiger partial charge >= 0.3 is 5.97 Å². The predicted octanol–water partition coefficient (Wildman–Crippen LogP) is 1.59.